The van der Waals surface area contributed by atoms with Gasteiger partial charge in [-0.2, -0.15) is 0 Å². The van der Waals surface area contributed by atoms with Crippen LogP contribution in [0.1, 0.15) is 72.3 Å². The summed E-state index contributed by atoms with van der Waals surface area (Å²) >= 11 is 3.36. The third-order valence-corrected chi connectivity index (χ3v) is 4.22. The number of rotatable bonds is 7. The van der Waals surface area contributed by atoms with E-state index >= 15 is 0 Å². The Morgan fingerprint density at radius 1 is 1.17 bits per heavy atom. The molecule has 0 saturated carbocycles. The van der Waals surface area contributed by atoms with Gasteiger partial charge in [-0.05, 0) is 31.4 Å². The van der Waals surface area contributed by atoms with Crippen molar-refractivity contribution in [2.75, 3.05) is 6.54 Å². The van der Waals surface area contributed by atoms with Gasteiger partial charge in [0.05, 0.1) is 6.54 Å². The molecule has 24 heavy (non-hydrogen) atoms. The van der Waals surface area contributed by atoms with E-state index in [1.807, 2.05) is 26.0 Å². The summed E-state index contributed by atoms with van der Waals surface area (Å²) < 4.78 is 1.15. The summed E-state index contributed by atoms with van der Waals surface area (Å²) in [6.45, 7) is 13.0. The van der Waals surface area contributed by atoms with Crippen molar-refractivity contribution in [1.82, 2.24) is 0 Å². The molecule has 0 heterocycles. The highest BCUT2D eigenvalue weighted by Gasteiger charge is 2.06. The number of benzene rings is 1. The SMILES string of the molecule is CCC(C)C(=O)CN.CCCCCC(C)C.Cc1cccc(Br)c1. The Labute approximate surface area is 158 Å². The predicted molar refractivity (Wildman–Crippen MR) is 111 cm³/mol. The molecule has 1 aromatic carbocycles. The second-order valence-electron chi connectivity index (χ2n) is 6.67. The number of carbonyl (C=O) groups is 1. The number of aryl methyl sites for hydroxylation is 1. The lowest BCUT2D eigenvalue weighted by atomic mass is 10.0. The van der Waals surface area contributed by atoms with Crippen molar-refractivity contribution in [3.05, 3.63) is 34.3 Å². The lowest BCUT2D eigenvalue weighted by Crippen LogP contribution is -2.20. The number of Topliss-reactive ketones (excluding diaryl/α,β-unsaturated/α-hetero) is 1. The summed E-state index contributed by atoms with van der Waals surface area (Å²) in [6, 6.07) is 8.21. The van der Waals surface area contributed by atoms with E-state index in [0.29, 0.717) is 0 Å². The van der Waals surface area contributed by atoms with Crippen molar-refractivity contribution < 1.29 is 4.79 Å². The van der Waals surface area contributed by atoms with E-state index in [4.69, 9.17) is 5.73 Å². The monoisotopic (exact) mass is 399 g/mol. The normalized spacial score (nSPS) is 11.0. The second-order valence-corrected chi connectivity index (χ2v) is 7.58. The van der Waals surface area contributed by atoms with Gasteiger partial charge in [0.25, 0.3) is 0 Å². The molecule has 1 atom stereocenters. The Balaban J connectivity index is 0. The zero-order valence-corrected chi connectivity index (χ0v) is 18.2. The highest BCUT2D eigenvalue weighted by Crippen LogP contribution is 2.09. The molecule has 0 spiro atoms. The number of hydrogen-bond acceptors (Lipinski definition) is 2. The fourth-order valence-corrected chi connectivity index (χ4v) is 2.35. The first-order chi connectivity index (χ1) is 11.3. The molecule has 0 fully saturated rings. The Morgan fingerprint density at radius 3 is 2.08 bits per heavy atom. The molecule has 140 valence electrons. The van der Waals surface area contributed by atoms with Crippen LogP contribution in [-0.2, 0) is 4.79 Å². The molecule has 3 heteroatoms. The topological polar surface area (TPSA) is 43.1 Å². The van der Waals surface area contributed by atoms with Crippen LogP contribution in [0.3, 0.4) is 0 Å². The number of nitrogens with two attached hydrogens (primary N) is 1. The highest BCUT2D eigenvalue weighted by molar-refractivity contribution is 9.10. The van der Waals surface area contributed by atoms with Crippen molar-refractivity contribution >= 4 is 21.7 Å². The standard InChI is InChI=1S/C8H18.C7H7Br.C6H13NO/c1-4-5-6-7-8(2)3;1-6-3-2-4-7(8)5-6;1-3-5(2)6(8)4-7/h8H,4-7H2,1-3H3;2-5H,1H3;5H,3-4,7H2,1-2H3. The maximum Gasteiger partial charge on any atom is 0.149 e. The van der Waals surface area contributed by atoms with Gasteiger partial charge in [-0.1, -0.05) is 93.9 Å². The van der Waals surface area contributed by atoms with Crippen LogP contribution in [0.2, 0.25) is 0 Å². The van der Waals surface area contributed by atoms with E-state index in [-0.39, 0.29) is 18.2 Å². The summed E-state index contributed by atoms with van der Waals surface area (Å²) in [6.07, 6.45) is 6.50. The van der Waals surface area contributed by atoms with E-state index in [1.54, 1.807) is 0 Å². The molecule has 0 aromatic heterocycles. The van der Waals surface area contributed by atoms with Crippen LogP contribution in [-0.4, -0.2) is 12.3 Å². The number of ketones is 1. The van der Waals surface area contributed by atoms with Crippen LogP contribution in [0.15, 0.2) is 28.7 Å². The summed E-state index contributed by atoms with van der Waals surface area (Å²) in [7, 11) is 0. The molecule has 2 nitrogen and oxygen atoms in total. The molecule has 2 N–H and O–H groups in total. The van der Waals surface area contributed by atoms with Crippen LogP contribution in [0, 0.1) is 18.8 Å². The number of unbranched alkanes of at least 4 members (excludes halogenated alkanes) is 2. The van der Waals surface area contributed by atoms with Crippen LogP contribution < -0.4 is 5.73 Å². The Bertz CT molecular complexity index is 401. The molecule has 0 radical (unpaired) electrons. The minimum Gasteiger partial charge on any atom is -0.324 e. The van der Waals surface area contributed by atoms with Gasteiger partial charge in [0, 0.05) is 10.4 Å². The average molecular weight is 400 g/mol. The number of hydrogen-bond donors (Lipinski definition) is 1. The van der Waals surface area contributed by atoms with Gasteiger partial charge < -0.3 is 5.73 Å². The molecule has 0 aliphatic rings. The maximum absolute atomic E-state index is 10.6. The summed E-state index contributed by atoms with van der Waals surface area (Å²) in [4.78, 5) is 10.6. The van der Waals surface area contributed by atoms with Crippen molar-refractivity contribution in [2.45, 2.75) is 73.6 Å². The summed E-state index contributed by atoms with van der Waals surface area (Å²) in [5.74, 6) is 1.22. The lowest BCUT2D eigenvalue weighted by Gasteiger charge is -2.01. The van der Waals surface area contributed by atoms with Crippen LogP contribution in [0.5, 0.6) is 0 Å². The zero-order valence-electron chi connectivity index (χ0n) is 16.6. The number of halogens is 1. The summed E-state index contributed by atoms with van der Waals surface area (Å²) in [5.41, 5.74) is 6.39. The van der Waals surface area contributed by atoms with Gasteiger partial charge >= 0.3 is 0 Å². The summed E-state index contributed by atoms with van der Waals surface area (Å²) in [5, 5.41) is 0. The number of carbonyl (C=O) groups excluding carboxylic acids is 1. The van der Waals surface area contributed by atoms with E-state index < -0.39 is 0 Å². The molecule has 0 bridgehead atoms. The van der Waals surface area contributed by atoms with E-state index in [2.05, 4.69) is 55.8 Å². The minimum atomic E-state index is 0.153. The zero-order chi connectivity index (χ0) is 19.0. The van der Waals surface area contributed by atoms with Gasteiger partial charge in [-0.25, -0.2) is 0 Å². The fraction of sp³-hybridized carbons (Fsp3) is 0.667. The molecule has 0 aliphatic carbocycles. The van der Waals surface area contributed by atoms with Gasteiger partial charge in [0.1, 0.15) is 5.78 Å². The third-order valence-electron chi connectivity index (χ3n) is 3.73. The quantitative estimate of drug-likeness (QED) is 0.528. The van der Waals surface area contributed by atoms with Gasteiger partial charge in [-0.3, -0.25) is 4.79 Å². The van der Waals surface area contributed by atoms with E-state index in [9.17, 15) is 4.79 Å². The molecule has 0 saturated heterocycles. The predicted octanol–water partition coefficient (Wildman–Crippen LogP) is 6.54. The van der Waals surface area contributed by atoms with Crippen molar-refractivity contribution in [3.8, 4) is 0 Å². The first-order valence-corrected chi connectivity index (χ1v) is 10.0. The second kappa shape index (κ2) is 17.2. The third kappa shape index (κ3) is 17.7. The molecular formula is C21H38BrNO. The molecule has 0 aliphatic heterocycles. The molecule has 1 rings (SSSR count). The molecular weight excluding hydrogens is 362 g/mol. The van der Waals surface area contributed by atoms with Crippen molar-refractivity contribution in [3.63, 3.8) is 0 Å². The van der Waals surface area contributed by atoms with Gasteiger partial charge in [-0.15, -0.1) is 0 Å². The first-order valence-electron chi connectivity index (χ1n) is 9.23. The fourth-order valence-electron chi connectivity index (χ4n) is 1.84. The van der Waals surface area contributed by atoms with Gasteiger partial charge in [0.15, 0.2) is 0 Å². The lowest BCUT2D eigenvalue weighted by molar-refractivity contribution is -0.121. The highest BCUT2D eigenvalue weighted by atomic mass is 79.9. The Kier molecular flexibility index (Phi) is 18.3. The van der Waals surface area contributed by atoms with E-state index in [1.165, 1.54) is 31.2 Å². The average Bonchev–Trinajstić information content (AvgIpc) is 2.54. The van der Waals surface area contributed by atoms with E-state index in [0.717, 1.165) is 16.8 Å². The molecule has 1 aromatic rings. The minimum absolute atomic E-state index is 0.153. The smallest absolute Gasteiger partial charge is 0.149 e. The maximum atomic E-state index is 10.6. The van der Waals surface area contributed by atoms with Crippen molar-refractivity contribution in [2.24, 2.45) is 17.6 Å². The largest absolute Gasteiger partial charge is 0.324 e. The Hall–Kier alpha value is -0.670. The molecule has 0 amide bonds. The van der Waals surface area contributed by atoms with Crippen LogP contribution in [0.4, 0.5) is 0 Å². The molecule has 1 unspecified atom stereocenters. The van der Waals surface area contributed by atoms with Crippen LogP contribution >= 0.6 is 15.9 Å². The Morgan fingerprint density at radius 2 is 1.79 bits per heavy atom. The van der Waals surface area contributed by atoms with Gasteiger partial charge in [0.2, 0.25) is 0 Å². The van der Waals surface area contributed by atoms with Crippen molar-refractivity contribution in [1.29, 1.82) is 0 Å². The first kappa shape index (κ1) is 25.6. The van der Waals surface area contributed by atoms with Crippen LogP contribution in [0.25, 0.3) is 0 Å².